The molecule has 0 aromatic rings. The second kappa shape index (κ2) is 31.4. The van der Waals surface area contributed by atoms with Gasteiger partial charge >= 0.3 is 0 Å². The van der Waals surface area contributed by atoms with E-state index in [4.69, 9.17) is 40.5 Å². The highest BCUT2D eigenvalue weighted by Crippen LogP contribution is 1.96. The molecular weight excluding hydrogens is 336 g/mol. The fourth-order valence-electron chi connectivity index (χ4n) is 0.653. The van der Waals surface area contributed by atoms with E-state index in [1.165, 1.54) is 6.92 Å². The van der Waals surface area contributed by atoms with Crippen LogP contribution in [0.15, 0.2) is 0 Å². The average molecular weight is 376 g/mol. The quantitative estimate of drug-likeness (QED) is 0.225. The van der Waals surface area contributed by atoms with Crippen LogP contribution >= 0.6 is 0 Å². The van der Waals surface area contributed by atoms with E-state index >= 15 is 0 Å². The Morgan fingerprint density at radius 1 is 0.720 bits per heavy atom. The predicted octanol–water partition coefficient (Wildman–Crippen LogP) is -1.50. The number of hydrogen-bond acceptors (Lipinski definition) is 9. The van der Waals surface area contributed by atoms with Crippen LogP contribution in [0.25, 0.3) is 0 Å². The normalized spacial score (nSPS) is 13.1. The molecule has 0 heterocycles. The maximum atomic E-state index is 8.77. The summed E-state index contributed by atoms with van der Waals surface area (Å²) in [5.41, 5.74) is 0. The zero-order valence-electron chi connectivity index (χ0n) is 16.0. The molecule has 0 saturated heterocycles. The second-order valence-corrected chi connectivity index (χ2v) is 4.94. The first kappa shape index (κ1) is 32.3. The molecule has 0 bridgehead atoms. The SMILES string of the molecule is CC(O)CO.CCC(C)OCC(C)O.OCCO.OCCOCCO. The van der Waals surface area contributed by atoms with Gasteiger partial charge in [-0.1, -0.05) is 6.92 Å². The molecule has 9 nitrogen and oxygen atoms in total. The van der Waals surface area contributed by atoms with Gasteiger partial charge in [-0.15, -0.1) is 0 Å². The Morgan fingerprint density at radius 2 is 1.12 bits per heavy atom. The van der Waals surface area contributed by atoms with E-state index < -0.39 is 6.10 Å². The number of aliphatic hydroxyl groups excluding tert-OH is 7. The lowest BCUT2D eigenvalue weighted by molar-refractivity contribution is 0.00420. The van der Waals surface area contributed by atoms with Crippen LogP contribution in [0.2, 0.25) is 0 Å². The van der Waals surface area contributed by atoms with Crippen molar-refractivity contribution in [1.82, 2.24) is 0 Å². The molecule has 9 heteroatoms. The maximum absolute atomic E-state index is 8.77. The van der Waals surface area contributed by atoms with Gasteiger partial charge in [0, 0.05) is 0 Å². The number of ether oxygens (including phenoxy) is 2. The molecule has 0 radical (unpaired) electrons. The third kappa shape index (κ3) is 59.5. The molecule has 0 aliphatic heterocycles. The van der Waals surface area contributed by atoms with Crippen molar-refractivity contribution < 1.29 is 45.2 Å². The topological polar surface area (TPSA) is 160 Å². The van der Waals surface area contributed by atoms with Crippen molar-refractivity contribution in [2.24, 2.45) is 0 Å². The lowest BCUT2D eigenvalue weighted by atomic mass is 10.3. The molecule has 0 spiro atoms. The van der Waals surface area contributed by atoms with Crippen LogP contribution in [-0.4, -0.2) is 107 Å². The number of rotatable bonds is 10. The van der Waals surface area contributed by atoms with Gasteiger partial charge in [-0.2, -0.15) is 0 Å². The summed E-state index contributed by atoms with van der Waals surface area (Å²) >= 11 is 0. The summed E-state index contributed by atoms with van der Waals surface area (Å²) in [6.07, 6.45) is 0.390. The van der Waals surface area contributed by atoms with E-state index in [1.807, 2.05) is 6.92 Å². The molecule has 0 amide bonds. The first-order valence-corrected chi connectivity index (χ1v) is 8.36. The lowest BCUT2D eigenvalue weighted by Gasteiger charge is -2.11. The molecule has 0 aromatic heterocycles. The van der Waals surface area contributed by atoms with Crippen molar-refractivity contribution in [1.29, 1.82) is 0 Å². The van der Waals surface area contributed by atoms with Gasteiger partial charge in [-0.25, -0.2) is 0 Å². The van der Waals surface area contributed by atoms with Crippen LogP contribution in [0.3, 0.4) is 0 Å². The van der Waals surface area contributed by atoms with Crippen molar-refractivity contribution in [3.8, 4) is 0 Å². The Morgan fingerprint density at radius 3 is 1.32 bits per heavy atom. The average Bonchev–Trinajstić information content (AvgIpc) is 2.61. The van der Waals surface area contributed by atoms with Crippen LogP contribution in [0.4, 0.5) is 0 Å². The molecule has 7 N–H and O–H groups in total. The van der Waals surface area contributed by atoms with Gasteiger partial charge < -0.3 is 45.2 Å². The summed E-state index contributed by atoms with van der Waals surface area (Å²) in [6, 6.07) is 0. The van der Waals surface area contributed by atoms with Crippen LogP contribution in [0.5, 0.6) is 0 Å². The largest absolute Gasteiger partial charge is 0.394 e. The third-order valence-electron chi connectivity index (χ3n) is 2.03. The summed E-state index contributed by atoms with van der Waals surface area (Å²) in [4.78, 5) is 0. The molecule has 3 atom stereocenters. The van der Waals surface area contributed by atoms with Crippen molar-refractivity contribution in [3.63, 3.8) is 0 Å². The summed E-state index contributed by atoms with van der Waals surface area (Å²) < 4.78 is 9.83. The molecule has 158 valence electrons. The van der Waals surface area contributed by atoms with Crippen molar-refractivity contribution >= 4 is 0 Å². The van der Waals surface area contributed by atoms with Crippen molar-refractivity contribution in [2.45, 2.75) is 52.4 Å². The standard InChI is InChI=1S/C7H16O2.C4H10O3.C3H8O2.C2H6O2/c1-4-7(3)9-5-6(2)8;5-1-3-7-4-2-6;1-3(5)2-4;3-1-2-4/h6-8H,4-5H2,1-3H3;5-6H,1-4H2;3-5H,2H2,1H3;3-4H,1-2H2. The Balaban J connectivity index is -0.000000123. The Labute approximate surface area is 151 Å². The number of hydrogen-bond donors (Lipinski definition) is 7. The van der Waals surface area contributed by atoms with E-state index in [9.17, 15) is 0 Å². The lowest BCUT2D eigenvalue weighted by Crippen LogP contribution is -2.16. The minimum absolute atomic E-state index is 0.0278. The Hall–Kier alpha value is -0.360. The summed E-state index contributed by atoms with van der Waals surface area (Å²) in [7, 11) is 0. The van der Waals surface area contributed by atoms with E-state index in [-0.39, 0.29) is 45.2 Å². The molecule has 0 aliphatic carbocycles. The van der Waals surface area contributed by atoms with Crippen molar-refractivity contribution in [3.05, 3.63) is 0 Å². The van der Waals surface area contributed by atoms with Crippen LogP contribution in [0, 0.1) is 0 Å². The smallest absolute Gasteiger partial charge is 0.0745 e. The highest BCUT2D eigenvalue weighted by atomic mass is 16.5. The van der Waals surface area contributed by atoms with Crippen LogP contribution in [-0.2, 0) is 9.47 Å². The van der Waals surface area contributed by atoms with Crippen LogP contribution in [0.1, 0.15) is 34.1 Å². The molecule has 0 fully saturated rings. The molecule has 0 aromatic carbocycles. The van der Waals surface area contributed by atoms with Gasteiger partial charge in [0.15, 0.2) is 0 Å². The van der Waals surface area contributed by atoms with Gasteiger partial charge in [0.25, 0.3) is 0 Å². The highest BCUT2D eigenvalue weighted by molar-refractivity contribution is 4.47. The van der Waals surface area contributed by atoms with Gasteiger partial charge in [0.1, 0.15) is 0 Å². The summed E-state index contributed by atoms with van der Waals surface area (Å²) in [6.45, 7) is 8.08. The maximum Gasteiger partial charge on any atom is 0.0745 e. The third-order valence-corrected chi connectivity index (χ3v) is 2.03. The van der Waals surface area contributed by atoms with E-state index in [2.05, 4.69) is 11.7 Å². The van der Waals surface area contributed by atoms with E-state index in [0.29, 0.717) is 19.8 Å². The van der Waals surface area contributed by atoms with Gasteiger partial charge in [-0.05, 0) is 27.2 Å². The molecule has 25 heavy (non-hydrogen) atoms. The fourth-order valence-corrected chi connectivity index (χ4v) is 0.653. The fraction of sp³-hybridized carbons (Fsp3) is 1.00. The van der Waals surface area contributed by atoms with Gasteiger partial charge in [0.2, 0.25) is 0 Å². The molecule has 0 saturated carbocycles. The zero-order chi connectivity index (χ0) is 20.5. The van der Waals surface area contributed by atoms with Crippen LogP contribution < -0.4 is 0 Å². The van der Waals surface area contributed by atoms with Gasteiger partial charge in [0.05, 0.1) is 71.2 Å². The van der Waals surface area contributed by atoms with Crippen molar-refractivity contribution in [2.75, 3.05) is 52.9 Å². The summed E-state index contributed by atoms with van der Waals surface area (Å²) in [5.74, 6) is 0. The highest BCUT2D eigenvalue weighted by Gasteiger charge is 1.99. The second-order valence-electron chi connectivity index (χ2n) is 4.94. The van der Waals surface area contributed by atoms with Gasteiger partial charge in [-0.3, -0.25) is 0 Å². The minimum atomic E-state index is -0.560. The number of aliphatic hydroxyl groups is 7. The Bertz CT molecular complexity index is 186. The summed E-state index contributed by atoms with van der Waals surface area (Å²) in [5, 5.41) is 56.2. The molecule has 0 rings (SSSR count). The predicted molar refractivity (Wildman–Crippen MR) is 95.3 cm³/mol. The first-order chi connectivity index (χ1) is 11.8. The molecular formula is C16H40O9. The molecule has 3 unspecified atom stereocenters. The zero-order valence-corrected chi connectivity index (χ0v) is 16.0. The Kier molecular flexibility index (Phi) is 40.6. The van der Waals surface area contributed by atoms with E-state index in [0.717, 1.165) is 6.42 Å². The molecule has 0 aliphatic rings. The minimum Gasteiger partial charge on any atom is -0.394 e. The van der Waals surface area contributed by atoms with E-state index in [1.54, 1.807) is 6.92 Å². The monoisotopic (exact) mass is 376 g/mol. The first-order valence-electron chi connectivity index (χ1n) is 8.36.